The number of anilines is 3. The van der Waals surface area contributed by atoms with Crippen LogP contribution in [0, 0.1) is 13.8 Å². The fourth-order valence-electron chi connectivity index (χ4n) is 3.77. The van der Waals surface area contributed by atoms with Crippen LogP contribution in [0.15, 0.2) is 76.5 Å². The lowest BCUT2D eigenvalue weighted by molar-refractivity contribution is -0.117. The topological polar surface area (TPSA) is 113 Å². The van der Waals surface area contributed by atoms with Crippen molar-refractivity contribution in [3.05, 3.63) is 77.9 Å². The Labute approximate surface area is 199 Å². The molecule has 3 aromatic rings. The third-order valence-corrected chi connectivity index (χ3v) is 8.35. The van der Waals surface area contributed by atoms with Gasteiger partial charge < -0.3 is 4.90 Å². The second-order valence-electron chi connectivity index (χ2n) is 8.20. The van der Waals surface area contributed by atoms with Gasteiger partial charge in [-0.3, -0.25) is 14.2 Å². The molecule has 4 rings (SSSR count). The Balaban J connectivity index is 1.47. The smallest absolute Gasteiger partial charge is 0.261 e. The van der Waals surface area contributed by atoms with Gasteiger partial charge >= 0.3 is 0 Å². The van der Waals surface area contributed by atoms with Gasteiger partial charge in [-0.2, -0.15) is 0 Å². The molecule has 0 spiro atoms. The van der Waals surface area contributed by atoms with Crippen LogP contribution in [-0.4, -0.2) is 29.3 Å². The Kier molecular flexibility index (Phi) is 6.37. The standard InChI is InChI=1S/C24H25N3O5S2/c1-17-5-14-23(18(2)16-17)26-34(31,32)21-10-6-19(7-11-21)25-33(29,30)22-12-8-20(9-13-22)27-15-3-4-24(27)28/h5-14,16,25-26H,3-4,15H2,1-2H3. The summed E-state index contributed by atoms with van der Waals surface area (Å²) in [4.78, 5) is 13.6. The highest BCUT2D eigenvalue weighted by atomic mass is 32.2. The van der Waals surface area contributed by atoms with Crippen LogP contribution in [0.3, 0.4) is 0 Å². The van der Waals surface area contributed by atoms with Gasteiger partial charge in [-0.1, -0.05) is 17.7 Å². The number of rotatable bonds is 7. The molecule has 0 saturated carbocycles. The molecule has 0 bridgehead atoms. The molecule has 0 aliphatic carbocycles. The van der Waals surface area contributed by atoms with Crippen molar-refractivity contribution in [1.82, 2.24) is 0 Å². The van der Waals surface area contributed by atoms with E-state index in [0.717, 1.165) is 17.5 Å². The van der Waals surface area contributed by atoms with Crippen molar-refractivity contribution in [2.75, 3.05) is 20.9 Å². The van der Waals surface area contributed by atoms with E-state index in [0.29, 0.717) is 24.3 Å². The number of hydrogen-bond acceptors (Lipinski definition) is 5. The zero-order chi connectivity index (χ0) is 24.5. The van der Waals surface area contributed by atoms with Crippen LogP contribution in [0.5, 0.6) is 0 Å². The molecule has 1 heterocycles. The highest BCUT2D eigenvalue weighted by Gasteiger charge is 2.23. The fourth-order valence-corrected chi connectivity index (χ4v) is 5.96. The third kappa shape index (κ3) is 5.07. The van der Waals surface area contributed by atoms with E-state index >= 15 is 0 Å². The first-order valence-electron chi connectivity index (χ1n) is 10.7. The first-order valence-corrected chi connectivity index (χ1v) is 13.7. The minimum absolute atomic E-state index is 0.00931. The van der Waals surface area contributed by atoms with Gasteiger partial charge in [0.1, 0.15) is 0 Å². The molecular formula is C24H25N3O5S2. The van der Waals surface area contributed by atoms with Crippen LogP contribution in [0.4, 0.5) is 17.1 Å². The number of benzene rings is 3. The Morgan fingerprint density at radius 3 is 1.91 bits per heavy atom. The van der Waals surface area contributed by atoms with Crippen LogP contribution >= 0.6 is 0 Å². The normalized spacial score (nSPS) is 14.3. The number of sulfonamides is 2. The van der Waals surface area contributed by atoms with Crippen LogP contribution in [-0.2, 0) is 24.8 Å². The highest BCUT2D eigenvalue weighted by molar-refractivity contribution is 7.93. The molecule has 0 aromatic heterocycles. The van der Waals surface area contributed by atoms with Gasteiger partial charge in [0.15, 0.2) is 0 Å². The maximum absolute atomic E-state index is 12.8. The van der Waals surface area contributed by atoms with E-state index in [4.69, 9.17) is 0 Å². The summed E-state index contributed by atoms with van der Waals surface area (Å²) in [5.74, 6) is 0.0239. The van der Waals surface area contributed by atoms with Crippen molar-refractivity contribution in [3.8, 4) is 0 Å². The quantitative estimate of drug-likeness (QED) is 0.510. The van der Waals surface area contributed by atoms with Gasteiger partial charge in [0.05, 0.1) is 15.5 Å². The fraction of sp³-hybridized carbons (Fsp3) is 0.208. The number of carbonyl (C=O) groups excluding carboxylic acids is 1. The molecule has 34 heavy (non-hydrogen) atoms. The SMILES string of the molecule is Cc1ccc(NS(=O)(=O)c2ccc(NS(=O)(=O)c3ccc(N4CCCC4=O)cc3)cc2)c(C)c1. The number of nitrogens with zero attached hydrogens (tertiary/aromatic N) is 1. The molecule has 2 N–H and O–H groups in total. The van der Waals surface area contributed by atoms with Crippen molar-refractivity contribution in [2.45, 2.75) is 36.5 Å². The molecule has 1 fully saturated rings. The first-order chi connectivity index (χ1) is 16.0. The second-order valence-corrected chi connectivity index (χ2v) is 11.6. The van der Waals surface area contributed by atoms with Gasteiger partial charge in [0.2, 0.25) is 5.91 Å². The van der Waals surface area contributed by atoms with E-state index in [-0.39, 0.29) is 21.4 Å². The largest absolute Gasteiger partial charge is 0.312 e. The lowest BCUT2D eigenvalue weighted by Crippen LogP contribution is -2.23. The zero-order valence-electron chi connectivity index (χ0n) is 18.8. The van der Waals surface area contributed by atoms with Crippen molar-refractivity contribution < 1.29 is 21.6 Å². The molecular weight excluding hydrogens is 474 g/mol. The average Bonchev–Trinajstić information content (AvgIpc) is 3.22. The predicted octanol–water partition coefficient (Wildman–Crippen LogP) is 4.03. The molecule has 1 aliphatic rings. The number of aryl methyl sites for hydroxylation is 2. The predicted molar refractivity (Wildman–Crippen MR) is 132 cm³/mol. The maximum Gasteiger partial charge on any atom is 0.261 e. The molecule has 0 atom stereocenters. The van der Waals surface area contributed by atoms with Gasteiger partial charge in [-0.05, 0) is 80.4 Å². The Morgan fingerprint density at radius 2 is 1.35 bits per heavy atom. The Hall–Kier alpha value is -3.37. The number of amides is 1. The molecule has 1 aliphatic heterocycles. The lowest BCUT2D eigenvalue weighted by Gasteiger charge is -2.16. The van der Waals surface area contributed by atoms with Crippen LogP contribution in [0.25, 0.3) is 0 Å². The molecule has 8 nitrogen and oxygen atoms in total. The summed E-state index contributed by atoms with van der Waals surface area (Å²) in [5.41, 5.74) is 3.19. The van der Waals surface area contributed by atoms with Crippen LogP contribution < -0.4 is 14.3 Å². The molecule has 1 saturated heterocycles. The van der Waals surface area contributed by atoms with Crippen molar-refractivity contribution in [3.63, 3.8) is 0 Å². The van der Waals surface area contributed by atoms with Gasteiger partial charge in [0.25, 0.3) is 20.0 Å². The molecule has 10 heteroatoms. The molecule has 178 valence electrons. The highest BCUT2D eigenvalue weighted by Crippen LogP contribution is 2.25. The summed E-state index contributed by atoms with van der Waals surface area (Å²) in [7, 11) is -7.73. The first kappa shape index (κ1) is 23.8. The van der Waals surface area contributed by atoms with Gasteiger partial charge in [0, 0.05) is 24.3 Å². The van der Waals surface area contributed by atoms with Crippen molar-refractivity contribution in [1.29, 1.82) is 0 Å². The zero-order valence-corrected chi connectivity index (χ0v) is 20.4. The molecule has 0 radical (unpaired) electrons. The number of nitrogens with one attached hydrogen (secondary N) is 2. The third-order valence-electron chi connectivity index (χ3n) is 5.58. The van der Waals surface area contributed by atoms with E-state index < -0.39 is 20.0 Å². The van der Waals surface area contributed by atoms with Gasteiger partial charge in [-0.25, -0.2) is 16.8 Å². The lowest BCUT2D eigenvalue weighted by atomic mass is 10.1. The average molecular weight is 500 g/mol. The minimum Gasteiger partial charge on any atom is -0.312 e. The molecule has 1 amide bonds. The summed E-state index contributed by atoms with van der Waals surface area (Å²) in [6.07, 6.45) is 1.28. The Morgan fingerprint density at radius 1 is 0.765 bits per heavy atom. The van der Waals surface area contributed by atoms with Crippen molar-refractivity contribution in [2.24, 2.45) is 0 Å². The minimum atomic E-state index is -3.89. The summed E-state index contributed by atoms with van der Waals surface area (Å²) in [6, 6.07) is 17.0. The summed E-state index contributed by atoms with van der Waals surface area (Å²) < 4.78 is 56.0. The summed E-state index contributed by atoms with van der Waals surface area (Å²) >= 11 is 0. The van der Waals surface area contributed by atoms with Gasteiger partial charge in [-0.15, -0.1) is 0 Å². The van der Waals surface area contributed by atoms with Crippen LogP contribution in [0.2, 0.25) is 0 Å². The van der Waals surface area contributed by atoms with E-state index in [9.17, 15) is 21.6 Å². The number of carbonyl (C=O) groups is 1. The van der Waals surface area contributed by atoms with E-state index in [2.05, 4.69) is 9.44 Å². The Bertz CT molecular complexity index is 1430. The molecule has 0 unspecified atom stereocenters. The van der Waals surface area contributed by atoms with Crippen molar-refractivity contribution >= 4 is 43.0 Å². The van der Waals surface area contributed by atoms with Crippen LogP contribution in [0.1, 0.15) is 24.0 Å². The maximum atomic E-state index is 12.8. The molecule has 3 aromatic carbocycles. The monoisotopic (exact) mass is 499 g/mol. The number of hydrogen-bond donors (Lipinski definition) is 2. The second kappa shape index (κ2) is 9.11. The summed E-state index contributed by atoms with van der Waals surface area (Å²) in [5, 5.41) is 0. The summed E-state index contributed by atoms with van der Waals surface area (Å²) in [6.45, 7) is 4.36. The van der Waals surface area contributed by atoms with E-state index in [1.807, 2.05) is 26.0 Å². The van der Waals surface area contributed by atoms with E-state index in [1.165, 1.54) is 36.4 Å². The van der Waals surface area contributed by atoms with E-state index in [1.54, 1.807) is 23.1 Å².